The third kappa shape index (κ3) is 2.45. The van der Waals surface area contributed by atoms with E-state index in [2.05, 4.69) is 75.1 Å². The Balaban J connectivity index is 1.66. The highest BCUT2D eigenvalue weighted by molar-refractivity contribution is 9.10. The van der Waals surface area contributed by atoms with E-state index in [1.54, 1.807) is 11.3 Å². The molecule has 136 valence electrons. The zero-order valence-corrected chi connectivity index (χ0v) is 17.7. The number of benzene rings is 3. The average Bonchev–Trinajstić information content (AvgIpc) is 3.28. The van der Waals surface area contributed by atoms with Gasteiger partial charge in [0.15, 0.2) is 0 Å². The fourth-order valence-corrected chi connectivity index (χ4v) is 5.56. The van der Waals surface area contributed by atoms with Gasteiger partial charge in [0.05, 0.1) is 16.1 Å². The fraction of sp³-hybridized carbons (Fsp3) is 0.0435. The number of fused-ring (bicyclic) bond motifs is 6. The minimum absolute atomic E-state index is 0.215. The molecule has 2 aromatic heterocycles. The lowest BCUT2D eigenvalue weighted by atomic mass is 10.1. The van der Waals surface area contributed by atoms with Crippen LogP contribution in [0.3, 0.4) is 0 Å². The van der Waals surface area contributed by atoms with Crippen LogP contribution in [0.4, 0.5) is 0 Å². The molecule has 0 aliphatic carbocycles. The van der Waals surface area contributed by atoms with E-state index in [0.29, 0.717) is 0 Å². The van der Waals surface area contributed by atoms with Crippen LogP contribution in [0.15, 0.2) is 77.3 Å². The minimum Gasteiger partial charge on any atom is -0.464 e. The fourth-order valence-electron chi connectivity index (χ4n) is 3.95. The van der Waals surface area contributed by atoms with Crippen molar-refractivity contribution in [3.63, 3.8) is 0 Å². The summed E-state index contributed by atoms with van der Waals surface area (Å²) in [4.78, 5) is 1.18. The maximum atomic E-state index is 6.56. The van der Waals surface area contributed by atoms with Gasteiger partial charge in [-0.1, -0.05) is 45.7 Å². The first-order chi connectivity index (χ1) is 13.7. The summed E-state index contributed by atoms with van der Waals surface area (Å²) < 4.78 is 11.1. The van der Waals surface area contributed by atoms with E-state index in [0.717, 1.165) is 37.4 Å². The number of ether oxygens (including phenoxy) is 1. The smallest absolute Gasteiger partial charge is 0.212 e. The van der Waals surface area contributed by atoms with Crippen molar-refractivity contribution < 1.29 is 4.74 Å². The second kappa shape index (κ2) is 6.11. The third-order valence-electron chi connectivity index (χ3n) is 5.18. The average molecular weight is 467 g/mol. The Kier molecular flexibility index (Phi) is 3.64. The summed E-state index contributed by atoms with van der Waals surface area (Å²) >= 11 is 11.6. The summed E-state index contributed by atoms with van der Waals surface area (Å²) in [6.07, 6.45) is -0.215. The standard InChI is InChI=1S/C23H13BrClNOS/c24-15-5-7-17-19-10-14-9-16(25)6-8-18(14)26(19)23(27-20(17)12-15)22-11-13-3-1-2-4-21(13)28-22/h1-12,23H/t23-/m1/s1. The second-order valence-electron chi connectivity index (χ2n) is 6.90. The Bertz CT molecular complexity index is 1350. The lowest BCUT2D eigenvalue weighted by Crippen LogP contribution is -2.21. The Labute approximate surface area is 179 Å². The molecule has 0 fully saturated rings. The second-order valence-corrected chi connectivity index (χ2v) is 9.37. The monoisotopic (exact) mass is 465 g/mol. The number of hydrogen-bond donors (Lipinski definition) is 0. The minimum atomic E-state index is -0.215. The molecule has 2 nitrogen and oxygen atoms in total. The van der Waals surface area contributed by atoms with Gasteiger partial charge in [-0.25, -0.2) is 0 Å². The summed E-state index contributed by atoms with van der Waals surface area (Å²) in [5, 5.41) is 3.10. The Hall–Kier alpha value is -2.27. The number of nitrogens with zero attached hydrogens (tertiary/aromatic N) is 1. The van der Waals surface area contributed by atoms with Crippen LogP contribution in [0, 0.1) is 0 Å². The predicted molar refractivity (Wildman–Crippen MR) is 121 cm³/mol. The van der Waals surface area contributed by atoms with Crippen molar-refractivity contribution in [3.8, 4) is 17.0 Å². The quantitative estimate of drug-likeness (QED) is 0.245. The Morgan fingerprint density at radius 2 is 1.82 bits per heavy atom. The van der Waals surface area contributed by atoms with Gasteiger partial charge in [-0.05, 0) is 60.0 Å². The Morgan fingerprint density at radius 3 is 2.71 bits per heavy atom. The van der Waals surface area contributed by atoms with E-state index in [9.17, 15) is 0 Å². The van der Waals surface area contributed by atoms with Gasteiger partial charge in [0, 0.05) is 25.1 Å². The molecule has 1 aliphatic rings. The van der Waals surface area contributed by atoms with E-state index in [1.807, 2.05) is 18.2 Å². The maximum Gasteiger partial charge on any atom is 0.212 e. The van der Waals surface area contributed by atoms with Crippen LogP contribution in [-0.4, -0.2) is 4.57 Å². The van der Waals surface area contributed by atoms with E-state index >= 15 is 0 Å². The molecule has 0 N–H and O–H groups in total. The van der Waals surface area contributed by atoms with Crippen LogP contribution in [0.25, 0.3) is 32.2 Å². The molecule has 28 heavy (non-hydrogen) atoms. The van der Waals surface area contributed by atoms with Crippen LogP contribution >= 0.6 is 38.9 Å². The molecule has 1 atom stereocenters. The maximum absolute atomic E-state index is 6.56. The van der Waals surface area contributed by atoms with Gasteiger partial charge < -0.3 is 4.74 Å². The zero-order chi connectivity index (χ0) is 18.8. The molecule has 0 unspecified atom stereocenters. The van der Waals surface area contributed by atoms with E-state index in [4.69, 9.17) is 16.3 Å². The summed E-state index contributed by atoms with van der Waals surface area (Å²) in [6, 6.07) is 25.1. The van der Waals surface area contributed by atoms with Gasteiger partial charge in [0.25, 0.3) is 0 Å². The molecule has 1 aliphatic heterocycles. The van der Waals surface area contributed by atoms with Crippen LogP contribution in [0.5, 0.6) is 5.75 Å². The molecule has 0 bridgehead atoms. The highest BCUT2D eigenvalue weighted by Gasteiger charge is 2.30. The van der Waals surface area contributed by atoms with Gasteiger partial charge in [0.1, 0.15) is 5.75 Å². The molecule has 0 radical (unpaired) electrons. The predicted octanol–water partition coefficient (Wildman–Crippen LogP) is 7.88. The molecule has 0 amide bonds. The van der Waals surface area contributed by atoms with Crippen molar-refractivity contribution >= 4 is 59.9 Å². The molecule has 3 aromatic carbocycles. The molecular weight excluding hydrogens is 454 g/mol. The number of halogens is 2. The van der Waals surface area contributed by atoms with Crippen LogP contribution in [-0.2, 0) is 0 Å². The molecule has 0 saturated heterocycles. The van der Waals surface area contributed by atoms with Crippen molar-refractivity contribution in [2.45, 2.75) is 6.23 Å². The lowest BCUT2D eigenvalue weighted by Gasteiger charge is -2.29. The zero-order valence-electron chi connectivity index (χ0n) is 14.5. The molecule has 6 rings (SSSR count). The van der Waals surface area contributed by atoms with Gasteiger partial charge >= 0.3 is 0 Å². The SMILES string of the molecule is Clc1ccc2c(c1)cc1n2[C@@H](c2cc3ccccc3s2)Oc2cc(Br)ccc2-1. The van der Waals surface area contributed by atoms with Crippen LogP contribution in [0.1, 0.15) is 11.1 Å². The van der Waals surface area contributed by atoms with Crippen molar-refractivity contribution in [3.05, 3.63) is 87.2 Å². The lowest BCUT2D eigenvalue weighted by molar-refractivity contribution is 0.177. The number of thiophene rings is 1. The molecule has 5 aromatic rings. The number of hydrogen-bond acceptors (Lipinski definition) is 2. The van der Waals surface area contributed by atoms with Crippen molar-refractivity contribution in [2.24, 2.45) is 0 Å². The highest BCUT2D eigenvalue weighted by Crippen LogP contribution is 2.46. The molecule has 3 heterocycles. The molecule has 0 spiro atoms. The van der Waals surface area contributed by atoms with Gasteiger partial charge in [-0.2, -0.15) is 0 Å². The third-order valence-corrected chi connectivity index (χ3v) is 7.06. The summed E-state index contributed by atoms with van der Waals surface area (Å²) in [5.74, 6) is 0.887. The Morgan fingerprint density at radius 1 is 0.929 bits per heavy atom. The van der Waals surface area contributed by atoms with Gasteiger partial charge in [0.2, 0.25) is 6.23 Å². The molecule has 0 saturated carbocycles. The highest BCUT2D eigenvalue weighted by atomic mass is 79.9. The summed E-state index contributed by atoms with van der Waals surface area (Å²) in [6.45, 7) is 0. The van der Waals surface area contributed by atoms with Crippen LogP contribution < -0.4 is 4.74 Å². The summed E-state index contributed by atoms with van der Waals surface area (Å²) in [5.41, 5.74) is 3.36. The molecule has 5 heteroatoms. The van der Waals surface area contributed by atoms with Crippen LogP contribution in [0.2, 0.25) is 5.02 Å². The van der Waals surface area contributed by atoms with Crippen molar-refractivity contribution in [1.29, 1.82) is 0 Å². The largest absolute Gasteiger partial charge is 0.464 e. The number of rotatable bonds is 1. The van der Waals surface area contributed by atoms with E-state index in [1.165, 1.54) is 15.0 Å². The van der Waals surface area contributed by atoms with E-state index < -0.39 is 0 Å². The first-order valence-electron chi connectivity index (χ1n) is 8.93. The van der Waals surface area contributed by atoms with Crippen molar-refractivity contribution in [1.82, 2.24) is 4.57 Å². The van der Waals surface area contributed by atoms with E-state index in [-0.39, 0.29) is 6.23 Å². The molecular formula is C23H13BrClNOS. The van der Waals surface area contributed by atoms with Gasteiger partial charge in [-0.3, -0.25) is 4.57 Å². The number of aromatic nitrogens is 1. The summed E-state index contributed by atoms with van der Waals surface area (Å²) in [7, 11) is 0. The van der Waals surface area contributed by atoms with Crippen molar-refractivity contribution in [2.75, 3.05) is 0 Å². The topological polar surface area (TPSA) is 14.2 Å². The normalized spacial score (nSPS) is 15.4. The first-order valence-corrected chi connectivity index (χ1v) is 10.9. The first kappa shape index (κ1) is 16.7. The van der Waals surface area contributed by atoms with Gasteiger partial charge in [-0.15, -0.1) is 11.3 Å².